The van der Waals surface area contributed by atoms with Crippen LogP contribution in [0.25, 0.3) is 10.8 Å². The van der Waals surface area contributed by atoms with Crippen molar-refractivity contribution in [1.29, 1.82) is 0 Å². The minimum atomic E-state index is 0.511. The van der Waals surface area contributed by atoms with Gasteiger partial charge in [0.15, 0.2) is 5.16 Å². The number of thioether (sulfide) groups is 1. The van der Waals surface area contributed by atoms with Crippen LogP contribution in [-0.2, 0) is 18.7 Å². The van der Waals surface area contributed by atoms with Crippen LogP contribution in [0.5, 0.6) is 0 Å². The lowest BCUT2D eigenvalue weighted by molar-refractivity contribution is 0.478. The van der Waals surface area contributed by atoms with Crippen molar-refractivity contribution < 1.29 is 8.83 Å². The number of hydrogen-bond acceptors (Lipinski definition) is 8. The van der Waals surface area contributed by atoms with Gasteiger partial charge in [0.05, 0.1) is 23.4 Å². The third-order valence-electron chi connectivity index (χ3n) is 4.93. The van der Waals surface area contributed by atoms with Crippen LogP contribution >= 0.6 is 23.1 Å². The van der Waals surface area contributed by atoms with Gasteiger partial charge in [-0.2, -0.15) is 0 Å². The van der Waals surface area contributed by atoms with E-state index in [1.54, 1.807) is 29.4 Å². The first kappa shape index (κ1) is 18.6. The molecule has 0 N–H and O–H groups in total. The minimum absolute atomic E-state index is 0.511. The molecule has 0 aromatic carbocycles. The number of rotatable bonds is 8. The van der Waals surface area contributed by atoms with E-state index in [1.165, 1.54) is 23.3 Å². The van der Waals surface area contributed by atoms with E-state index in [4.69, 9.17) is 8.83 Å². The molecule has 5 rings (SSSR count). The van der Waals surface area contributed by atoms with Crippen LogP contribution in [0.4, 0.5) is 0 Å². The highest BCUT2D eigenvalue weighted by Gasteiger charge is 2.30. The Kier molecular flexibility index (Phi) is 5.01. The molecule has 9 heteroatoms. The second kappa shape index (κ2) is 7.79. The van der Waals surface area contributed by atoms with Gasteiger partial charge >= 0.3 is 0 Å². The molecule has 1 saturated carbocycles. The van der Waals surface area contributed by atoms with Crippen molar-refractivity contribution in [2.24, 2.45) is 0 Å². The highest BCUT2D eigenvalue weighted by molar-refractivity contribution is 7.98. The molecule has 0 aliphatic heterocycles. The molecule has 0 bridgehead atoms. The van der Waals surface area contributed by atoms with Crippen molar-refractivity contribution in [3.05, 3.63) is 52.4 Å². The van der Waals surface area contributed by atoms with Crippen LogP contribution in [-0.4, -0.2) is 25.0 Å². The van der Waals surface area contributed by atoms with E-state index in [9.17, 15) is 0 Å². The van der Waals surface area contributed by atoms with Crippen LogP contribution in [0.15, 0.2) is 38.5 Å². The topological polar surface area (TPSA) is 82.8 Å². The lowest BCUT2D eigenvalue weighted by atomic mass is 10.2. The van der Waals surface area contributed by atoms with Gasteiger partial charge in [0.25, 0.3) is 5.89 Å². The molecule has 4 aromatic rings. The van der Waals surface area contributed by atoms with Gasteiger partial charge in [-0.3, -0.25) is 4.57 Å². The second-order valence-electron chi connectivity index (χ2n) is 7.14. The molecule has 0 spiro atoms. The molecule has 1 aliphatic rings. The predicted octanol–water partition coefficient (Wildman–Crippen LogP) is 5.07. The van der Waals surface area contributed by atoms with Crippen molar-refractivity contribution in [3.8, 4) is 10.8 Å². The summed E-state index contributed by atoms with van der Waals surface area (Å²) >= 11 is 3.28. The summed E-state index contributed by atoms with van der Waals surface area (Å²) in [5, 5.41) is 18.2. The van der Waals surface area contributed by atoms with Gasteiger partial charge in [0.2, 0.25) is 5.89 Å². The van der Waals surface area contributed by atoms with Crippen LogP contribution < -0.4 is 0 Å². The molecule has 0 unspecified atom stereocenters. The smallest absolute Gasteiger partial charge is 0.257 e. The second-order valence-corrected chi connectivity index (χ2v) is 9.22. The van der Waals surface area contributed by atoms with E-state index < -0.39 is 0 Å². The van der Waals surface area contributed by atoms with Gasteiger partial charge in [-0.1, -0.05) is 18.7 Å². The molecule has 0 saturated heterocycles. The van der Waals surface area contributed by atoms with Gasteiger partial charge < -0.3 is 8.83 Å². The predicted molar refractivity (Wildman–Crippen MR) is 111 cm³/mol. The summed E-state index contributed by atoms with van der Waals surface area (Å²) in [6.07, 6.45) is 5.06. The van der Waals surface area contributed by atoms with E-state index >= 15 is 0 Å². The Morgan fingerprint density at radius 2 is 2.14 bits per heavy atom. The molecule has 0 amide bonds. The molecule has 0 radical (unpaired) electrons. The fourth-order valence-electron chi connectivity index (χ4n) is 3.27. The summed E-state index contributed by atoms with van der Waals surface area (Å²) in [4.78, 5) is 2.38. The Morgan fingerprint density at radius 1 is 1.24 bits per heavy atom. The first-order valence-corrected chi connectivity index (χ1v) is 11.5. The van der Waals surface area contributed by atoms with Gasteiger partial charge in [-0.25, -0.2) is 0 Å². The maximum absolute atomic E-state index is 5.91. The highest BCUT2D eigenvalue weighted by atomic mass is 32.2. The zero-order chi connectivity index (χ0) is 19.8. The first-order chi connectivity index (χ1) is 14.2. The van der Waals surface area contributed by atoms with Crippen LogP contribution in [0.3, 0.4) is 0 Å². The molecule has 0 atom stereocenters. The van der Waals surface area contributed by atoms with Crippen LogP contribution in [0.2, 0.25) is 0 Å². The van der Waals surface area contributed by atoms with Crippen molar-refractivity contribution in [1.82, 2.24) is 25.0 Å². The molecule has 1 fully saturated rings. The van der Waals surface area contributed by atoms with Crippen molar-refractivity contribution in [2.75, 3.05) is 0 Å². The molecule has 1 aliphatic carbocycles. The maximum atomic E-state index is 5.91. The number of nitrogens with zero attached hydrogens (tertiary/aromatic N) is 5. The van der Waals surface area contributed by atoms with Gasteiger partial charge in [-0.15, -0.1) is 31.7 Å². The first-order valence-electron chi connectivity index (χ1n) is 9.71. The molecule has 29 heavy (non-hydrogen) atoms. The van der Waals surface area contributed by atoms with Crippen molar-refractivity contribution in [2.45, 2.75) is 56.5 Å². The average Bonchev–Trinajstić information content (AvgIpc) is 3.14. The fourth-order valence-corrected chi connectivity index (χ4v) is 5.09. The largest absolute Gasteiger partial charge is 0.467 e. The quantitative estimate of drug-likeness (QED) is 0.363. The summed E-state index contributed by atoms with van der Waals surface area (Å²) in [7, 11) is 0. The Labute approximate surface area is 176 Å². The Bertz CT molecular complexity index is 1110. The zero-order valence-electron chi connectivity index (χ0n) is 16.3. The fraction of sp³-hybridized carbons (Fsp3) is 0.400. The summed E-state index contributed by atoms with van der Waals surface area (Å²) in [6.45, 7) is 4.92. The number of furan rings is 1. The number of aromatic nitrogens is 5. The lowest BCUT2D eigenvalue weighted by Crippen LogP contribution is -2.05. The van der Waals surface area contributed by atoms with Gasteiger partial charge in [0.1, 0.15) is 11.6 Å². The summed E-state index contributed by atoms with van der Waals surface area (Å²) in [5.41, 5.74) is 1.28. The standard InChI is InChI=1S/C20H21N5O2S2/c1-3-15-12(2)9-16(29-15)19-23-21-17(27-19)11-28-20-24-22-18(13-6-7-13)25(20)10-14-5-4-8-26-14/h4-5,8-9,13H,3,6-7,10-11H2,1-2H3. The van der Waals surface area contributed by atoms with E-state index in [1.807, 2.05) is 12.1 Å². The Morgan fingerprint density at radius 3 is 2.86 bits per heavy atom. The summed E-state index contributed by atoms with van der Waals surface area (Å²) in [5.74, 6) is 4.18. The minimum Gasteiger partial charge on any atom is -0.467 e. The lowest BCUT2D eigenvalue weighted by Gasteiger charge is -2.07. The molecule has 7 nitrogen and oxygen atoms in total. The van der Waals surface area contributed by atoms with Crippen LogP contribution in [0.1, 0.15) is 53.6 Å². The van der Waals surface area contributed by atoms with Crippen molar-refractivity contribution in [3.63, 3.8) is 0 Å². The van der Waals surface area contributed by atoms with E-state index in [0.29, 0.717) is 30.0 Å². The van der Waals surface area contributed by atoms with Gasteiger partial charge in [-0.05, 0) is 49.9 Å². The number of thiophene rings is 1. The third-order valence-corrected chi connectivity index (χ3v) is 7.25. The SMILES string of the molecule is CCc1sc(-c2nnc(CSc3nnc(C4CC4)n3Cc3ccco3)o2)cc1C. The summed E-state index contributed by atoms with van der Waals surface area (Å²) < 4.78 is 13.6. The van der Waals surface area contributed by atoms with E-state index in [2.05, 4.69) is 44.9 Å². The molecule has 150 valence electrons. The number of aryl methyl sites for hydroxylation is 2. The molecule has 4 heterocycles. The Hall–Kier alpha value is -2.39. The monoisotopic (exact) mass is 427 g/mol. The van der Waals surface area contributed by atoms with Gasteiger partial charge in [0, 0.05) is 10.8 Å². The average molecular weight is 428 g/mol. The highest BCUT2D eigenvalue weighted by Crippen LogP contribution is 2.40. The molecule has 4 aromatic heterocycles. The Balaban J connectivity index is 1.32. The maximum Gasteiger partial charge on any atom is 0.257 e. The van der Waals surface area contributed by atoms with Crippen molar-refractivity contribution >= 4 is 23.1 Å². The number of hydrogen-bond donors (Lipinski definition) is 0. The molecular weight excluding hydrogens is 406 g/mol. The normalized spacial score (nSPS) is 14.0. The van der Waals surface area contributed by atoms with E-state index in [-0.39, 0.29) is 0 Å². The third kappa shape index (κ3) is 3.89. The van der Waals surface area contributed by atoms with Crippen LogP contribution in [0, 0.1) is 6.92 Å². The zero-order valence-corrected chi connectivity index (χ0v) is 17.9. The molecular formula is C20H21N5O2S2. The summed E-state index contributed by atoms with van der Waals surface area (Å²) in [6, 6.07) is 6.00. The van der Waals surface area contributed by atoms with E-state index in [0.717, 1.165) is 28.0 Å².